The number of hydrogen-bond acceptors (Lipinski definition) is 4. The molecule has 1 aromatic rings. The van der Waals surface area contributed by atoms with E-state index in [2.05, 4.69) is 0 Å². The molecule has 0 aliphatic carbocycles. The first kappa shape index (κ1) is 21.1. The summed E-state index contributed by atoms with van der Waals surface area (Å²) in [7, 11) is 0. The molecule has 2 amide bonds. The Labute approximate surface area is 171 Å². The number of likely N-dealkylation sites (tertiary alicyclic amines) is 2. The van der Waals surface area contributed by atoms with Gasteiger partial charge in [-0.3, -0.25) is 4.79 Å². The van der Waals surface area contributed by atoms with Crippen LogP contribution in [0.2, 0.25) is 0 Å². The van der Waals surface area contributed by atoms with Gasteiger partial charge in [0.2, 0.25) is 5.91 Å². The average Bonchev–Trinajstić information content (AvgIpc) is 3.17. The number of benzene rings is 1. The van der Waals surface area contributed by atoms with Crippen molar-refractivity contribution >= 4 is 18.0 Å². The van der Waals surface area contributed by atoms with Crippen LogP contribution in [0.5, 0.6) is 0 Å². The van der Waals surface area contributed by atoms with Crippen molar-refractivity contribution in [2.24, 2.45) is 0 Å². The Bertz CT molecular complexity index is 763. The van der Waals surface area contributed by atoms with Crippen LogP contribution in [-0.2, 0) is 19.7 Å². The summed E-state index contributed by atoms with van der Waals surface area (Å²) in [5.74, 6) is -1.09. The maximum absolute atomic E-state index is 13.7. The molecule has 2 aliphatic rings. The van der Waals surface area contributed by atoms with E-state index in [1.807, 2.05) is 51.1 Å². The highest BCUT2D eigenvalue weighted by Gasteiger charge is 2.49. The van der Waals surface area contributed by atoms with Gasteiger partial charge in [-0.05, 0) is 52.0 Å². The van der Waals surface area contributed by atoms with E-state index in [-0.39, 0.29) is 12.0 Å². The molecule has 2 aliphatic heterocycles. The van der Waals surface area contributed by atoms with Gasteiger partial charge < -0.3 is 19.6 Å². The molecule has 7 nitrogen and oxygen atoms in total. The Hall–Kier alpha value is -2.57. The third-order valence-corrected chi connectivity index (χ3v) is 5.80. The number of piperidine rings is 1. The van der Waals surface area contributed by atoms with Crippen molar-refractivity contribution in [2.75, 3.05) is 19.6 Å². The van der Waals surface area contributed by atoms with Crippen LogP contribution >= 0.6 is 0 Å². The zero-order valence-electron chi connectivity index (χ0n) is 17.4. The molecule has 2 heterocycles. The lowest BCUT2D eigenvalue weighted by Crippen LogP contribution is -2.56. The molecule has 0 spiro atoms. The van der Waals surface area contributed by atoms with Gasteiger partial charge in [-0.25, -0.2) is 9.59 Å². The lowest BCUT2D eigenvalue weighted by Gasteiger charge is -2.43. The SMILES string of the molecule is CC(C)(C)OC(=O)N1CCC(C(=O)N2CCC[C@H]2C(=O)O)(c2ccccc2)CC1. The predicted molar refractivity (Wildman–Crippen MR) is 108 cm³/mol. The van der Waals surface area contributed by atoms with Gasteiger partial charge in [0.15, 0.2) is 0 Å². The van der Waals surface area contributed by atoms with Gasteiger partial charge in [0.05, 0.1) is 5.41 Å². The summed E-state index contributed by atoms with van der Waals surface area (Å²) >= 11 is 0. The fraction of sp³-hybridized carbons (Fsp3) is 0.591. The van der Waals surface area contributed by atoms with E-state index in [0.717, 1.165) is 5.56 Å². The highest BCUT2D eigenvalue weighted by atomic mass is 16.6. The summed E-state index contributed by atoms with van der Waals surface area (Å²) in [6.07, 6.45) is 1.68. The van der Waals surface area contributed by atoms with Crippen molar-refractivity contribution in [3.63, 3.8) is 0 Å². The van der Waals surface area contributed by atoms with Gasteiger partial charge in [-0.2, -0.15) is 0 Å². The van der Waals surface area contributed by atoms with Crippen LogP contribution in [0.4, 0.5) is 4.79 Å². The average molecular weight is 402 g/mol. The van der Waals surface area contributed by atoms with Crippen molar-refractivity contribution in [2.45, 2.75) is 63.5 Å². The van der Waals surface area contributed by atoms with Crippen molar-refractivity contribution in [1.29, 1.82) is 0 Å². The minimum absolute atomic E-state index is 0.141. The Kier molecular flexibility index (Phi) is 5.87. The normalized spacial score (nSPS) is 21.7. The highest BCUT2D eigenvalue weighted by Crippen LogP contribution is 2.39. The molecule has 0 unspecified atom stereocenters. The number of aliphatic carboxylic acids is 1. The molecule has 7 heteroatoms. The molecule has 158 valence electrons. The van der Waals surface area contributed by atoms with Crippen molar-refractivity contribution < 1.29 is 24.2 Å². The van der Waals surface area contributed by atoms with Gasteiger partial charge in [-0.15, -0.1) is 0 Å². The van der Waals surface area contributed by atoms with E-state index in [1.165, 1.54) is 4.90 Å². The van der Waals surface area contributed by atoms with Crippen LogP contribution in [0.1, 0.15) is 52.0 Å². The third kappa shape index (κ3) is 4.38. The Morgan fingerprint density at radius 3 is 2.24 bits per heavy atom. The van der Waals surface area contributed by atoms with Crippen LogP contribution in [0.3, 0.4) is 0 Å². The molecular weight excluding hydrogens is 372 g/mol. The molecular formula is C22H30N2O5. The maximum atomic E-state index is 13.7. The molecule has 0 bridgehead atoms. The maximum Gasteiger partial charge on any atom is 0.410 e. The number of amides is 2. The van der Waals surface area contributed by atoms with Crippen LogP contribution in [0.25, 0.3) is 0 Å². The van der Waals surface area contributed by atoms with Crippen LogP contribution in [0.15, 0.2) is 30.3 Å². The second-order valence-corrected chi connectivity index (χ2v) is 8.91. The molecule has 1 aromatic carbocycles. The van der Waals surface area contributed by atoms with Crippen LogP contribution in [-0.4, -0.2) is 64.2 Å². The predicted octanol–water partition coefficient (Wildman–Crippen LogP) is 3.03. The van der Waals surface area contributed by atoms with E-state index in [4.69, 9.17) is 4.74 Å². The molecule has 29 heavy (non-hydrogen) atoms. The summed E-state index contributed by atoms with van der Waals surface area (Å²) in [6, 6.07) is 8.76. The molecule has 1 N–H and O–H groups in total. The molecule has 0 radical (unpaired) electrons. The number of carbonyl (C=O) groups excluding carboxylic acids is 2. The number of nitrogens with zero attached hydrogens (tertiary/aromatic N) is 2. The first-order chi connectivity index (χ1) is 13.6. The van der Waals surface area contributed by atoms with E-state index in [1.54, 1.807) is 4.90 Å². The second-order valence-electron chi connectivity index (χ2n) is 8.91. The van der Waals surface area contributed by atoms with Crippen LogP contribution in [0, 0.1) is 0 Å². The summed E-state index contributed by atoms with van der Waals surface area (Å²) in [5, 5.41) is 9.55. The van der Waals surface area contributed by atoms with Gasteiger partial charge in [0.1, 0.15) is 11.6 Å². The quantitative estimate of drug-likeness (QED) is 0.840. The standard InChI is InChI=1S/C22H30N2O5/c1-21(2,3)29-20(28)23-14-11-22(12-15-23,16-8-5-4-6-9-16)19(27)24-13-7-10-17(24)18(25)26/h4-6,8-9,17H,7,10-15H2,1-3H3,(H,25,26)/t17-/m0/s1. The zero-order chi connectivity index (χ0) is 21.2. The summed E-state index contributed by atoms with van der Waals surface area (Å²) < 4.78 is 5.47. The van der Waals surface area contributed by atoms with Crippen LogP contribution < -0.4 is 0 Å². The molecule has 0 aromatic heterocycles. The van der Waals surface area contributed by atoms with E-state index in [0.29, 0.717) is 45.3 Å². The highest BCUT2D eigenvalue weighted by molar-refractivity contribution is 5.92. The summed E-state index contributed by atoms with van der Waals surface area (Å²) in [6.45, 7) is 6.71. The smallest absolute Gasteiger partial charge is 0.410 e. The number of rotatable bonds is 3. The number of carbonyl (C=O) groups is 3. The summed E-state index contributed by atoms with van der Waals surface area (Å²) in [5.41, 5.74) is -0.520. The fourth-order valence-electron chi connectivity index (χ4n) is 4.32. The summed E-state index contributed by atoms with van der Waals surface area (Å²) in [4.78, 5) is 40.9. The fourth-order valence-corrected chi connectivity index (χ4v) is 4.32. The van der Waals surface area contributed by atoms with Crippen molar-refractivity contribution in [1.82, 2.24) is 9.80 Å². The first-order valence-corrected chi connectivity index (χ1v) is 10.2. The van der Waals surface area contributed by atoms with Gasteiger partial charge in [-0.1, -0.05) is 30.3 Å². The van der Waals surface area contributed by atoms with E-state index >= 15 is 0 Å². The van der Waals surface area contributed by atoms with Crippen molar-refractivity contribution in [3.05, 3.63) is 35.9 Å². The number of ether oxygens (including phenoxy) is 1. The minimum Gasteiger partial charge on any atom is -0.480 e. The van der Waals surface area contributed by atoms with E-state index in [9.17, 15) is 19.5 Å². The Balaban J connectivity index is 1.85. The molecule has 2 fully saturated rings. The lowest BCUT2D eigenvalue weighted by atomic mass is 9.71. The number of hydrogen-bond donors (Lipinski definition) is 1. The first-order valence-electron chi connectivity index (χ1n) is 10.2. The lowest BCUT2D eigenvalue weighted by molar-refractivity contribution is -0.151. The van der Waals surface area contributed by atoms with Gasteiger partial charge >= 0.3 is 12.1 Å². The molecule has 2 saturated heterocycles. The second kappa shape index (κ2) is 8.05. The minimum atomic E-state index is -0.953. The van der Waals surface area contributed by atoms with Gasteiger partial charge in [0.25, 0.3) is 0 Å². The monoisotopic (exact) mass is 402 g/mol. The third-order valence-electron chi connectivity index (χ3n) is 5.80. The van der Waals surface area contributed by atoms with Gasteiger partial charge in [0, 0.05) is 19.6 Å². The topological polar surface area (TPSA) is 87.2 Å². The Morgan fingerprint density at radius 2 is 1.69 bits per heavy atom. The zero-order valence-corrected chi connectivity index (χ0v) is 17.4. The largest absolute Gasteiger partial charge is 0.480 e. The molecule has 0 saturated carbocycles. The molecule has 3 rings (SSSR count). The Morgan fingerprint density at radius 1 is 1.07 bits per heavy atom. The number of carboxylic acid groups (broad SMARTS) is 1. The van der Waals surface area contributed by atoms with Crippen molar-refractivity contribution in [3.8, 4) is 0 Å². The number of carboxylic acids is 1. The molecule has 1 atom stereocenters. The van der Waals surface area contributed by atoms with E-state index < -0.39 is 23.0 Å².